The Morgan fingerprint density at radius 1 is 1.24 bits per heavy atom. The van der Waals surface area contributed by atoms with Crippen molar-refractivity contribution in [2.75, 3.05) is 0 Å². The highest BCUT2D eigenvalue weighted by Crippen LogP contribution is 2.32. The van der Waals surface area contributed by atoms with Gasteiger partial charge in [-0.3, -0.25) is 14.9 Å². The number of nitro groups is 1. The Labute approximate surface area is 171 Å². The van der Waals surface area contributed by atoms with E-state index in [-0.39, 0.29) is 24.2 Å². The zero-order valence-electron chi connectivity index (χ0n) is 15.5. The van der Waals surface area contributed by atoms with E-state index in [1.807, 2.05) is 0 Å². The second-order valence-electron chi connectivity index (χ2n) is 6.88. The lowest BCUT2D eigenvalue weighted by molar-refractivity contribution is -0.385. The van der Waals surface area contributed by atoms with Crippen LogP contribution >= 0.6 is 11.6 Å². The summed E-state index contributed by atoms with van der Waals surface area (Å²) in [4.78, 5) is 25.5. The third kappa shape index (κ3) is 3.97. The molecule has 0 radical (unpaired) electrons. The predicted molar refractivity (Wildman–Crippen MR) is 105 cm³/mol. The van der Waals surface area contributed by atoms with Crippen molar-refractivity contribution in [2.24, 2.45) is 0 Å². The summed E-state index contributed by atoms with van der Waals surface area (Å²) in [6.45, 7) is 1.73. The average molecular weight is 413 g/mol. The van der Waals surface area contributed by atoms with Crippen LogP contribution in [0, 0.1) is 17.0 Å². The first kappa shape index (κ1) is 19.1. The molecule has 1 aliphatic carbocycles. The van der Waals surface area contributed by atoms with Gasteiger partial charge in [0, 0.05) is 33.8 Å². The van der Waals surface area contributed by atoms with Crippen LogP contribution < -0.4 is 0 Å². The smallest absolute Gasteiger partial charge is 0.273 e. The van der Waals surface area contributed by atoms with Gasteiger partial charge in [0.2, 0.25) is 11.8 Å². The van der Waals surface area contributed by atoms with E-state index in [2.05, 4.69) is 10.2 Å². The van der Waals surface area contributed by atoms with Gasteiger partial charge < -0.3 is 9.32 Å². The maximum absolute atomic E-state index is 13.1. The third-order valence-corrected chi connectivity index (χ3v) is 5.10. The molecule has 1 aliphatic rings. The summed E-state index contributed by atoms with van der Waals surface area (Å²) in [6.07, 6.45) is 1.75. The summed E-state index contributed by atoms with van der Waals surface area (Å²) in [5.74, 6) is 0.365. The van der Waals surface area contributed by atoms with Crippen LogP contribution in [0.25, 0.3) is 11.5 Å². The second-order valence-corrected chi connectivity index (χ2v) is 7.32. The molecule has 0 bridgehead atoms. The van der Waals surface area contributed by atoms with E-state index in [4.69, 9.17) is 16.0 Å². The van der Waals surface area contributed by atoms with E-state index in [1.54, 1.807) is 42.2 Å². The van der Waals surface area contributed by atoms with Crippen LogP contribution in [0.2, 0.25) is 5.02 Å². The SMILES string of the molecule is Cc1c(C(=O)N(Cc2nnc(-c3ccc(Cl)cc3)o2)C2CC2)cccc1[N+](=O)[O-]. The molecular weight excluding hydrogens is 396 g/mol. The van der Waals surface area contributed by atoms with E-state index in [0.717, 1.165) is 18.4 Å². The summed E-state index contributed by atoms with van der Waals surface area (Å²) in [7, 11) is 0. The molecule has 4 rings (SSSR count). The fourth-order valence-electron chi connectivity index (χ4n) is 3.13. The molecule has 1 heterocycles. The average Bonchev–Trinajstić information content (AvgIpc) is 3.44. The Hall–Kier alpha value is -3.26. The lowest BCUT2D eigenvalue weighted by atomic mass is 10.1. The molecule has 8 nitrogen and oxygen atoms in total. The lowest BCUT2D eigenvalue weighted by Crippen LogP contribution is -2.33. The Balaban J connectivity index is 1.58. The van der Waals surface area contributed by atoms with Crippen molar-refractivity contribution in [1.29, 1.82) is 0 Å². The summed E-state index contributed by atoms with van der Waals surface area (Å²) in [5.41, 5.74) is 1.31. The maximum atomic E-state index is 13.1. The monoisotopic (exact) mass is 412 g/mol. The summed E-state index contributed by atoms with van der Waals surface area (Å²) >= 11 is 5.90. The molecule has 0 saturated heterocycles. The van der Waals surface area contributed by atoms with Crippen LogP contribution in [0.3, 0.4) is 0 Å². The normalized spacial score (nSPS) is 13.3. The first-order chi connectivity index (χ1) is 13.9. The fraction of sp³-hybridized carbons (Fsp3) is 0.250. The van der Waals surface area contributed by atoms with E-state index in [0.29, 0.717) is 27.9 Å². The first-order valence-corrected chi connectivity index (χ1v) is 9.45. The Morgan fingerprint density at radius 2 is 1.97 bits per heavy atom. The summed E-state index contributed by atoms with van der Waals surface area (Å²) in [5, 5.41) is 19.9. The molecule has 1 fully saturated rings. The van der Waals surface area contributed by atoms with Crippen molar-refractivity contribution in [2.45, 2.75) is 32.4 Å². The molecule has 0 N–H and O–H groups in total. The van der Waals surface area contributed by atoms with E-state index < -0.39 is 4.92 Å². The van der Waals surface area contributed by atoms with Gasteiger partial charge in [-0.05, 0) is 50.1 Å². The fourth-order valence-corrected chi connectivity index (χ4v) is 3.26. The lowest BCUT2D eigenvalue weighted by Gasteiger charge is -2.21. The number of rotatable bonds is 6. The zero-order chi connectivity index (χ0) is 20.5. The number of amides is 1. The van der Waals surface area contributed by atoms with Gasteiger partial charge in [-0.1, -0.05) is 17.7 Å². The molecule has 0 unspecified atom stereocenters. The number of carbonyl (C=O) groups excluding carboxylic acids is 1. The maximum Gasteiger partial charge on any atom is 0.273 e. The topological polar surface area (TPSA) is 102 Å². The van der Waals surface area contributed by atoms with Crippen LogP contribution in [-0.2, 0) is 6.54 Å². The molecule has 1 amide bonds. The molecule has 9 heteroatoms. The Bertz CT molecular complexity index is 1080. The van der Waals surface area contributed by atoms with E-state index in [1.165, 1.54) is 12.1 Å². The van der Waals surface area contributed by atoms with E-state index >= 15 is 0 Å². The predicted octanol–water partition coefficient (Wildman–Crippen LogP) is 4.41. The van der Waals surface area contributed by atoms with E-state index in [9.17, 15) is 14.9 Å². The third-order valence-electron chi connectivity index (χ3n) is 4.84. The molecule has 3 aromatic rings. The van der Waals surface area contributed by atoms with Crippen molar-refractivity contribution < 1.29 is 14.1 Å². The van der Waals surface area contributed by atoms with Gasteiger partial charge in [-0.15, -0.1) is 10.2 Å². The number of nitro benzene ring substituents is 1. The standard InChI is InChI=1S/C20H17ClN4O4/c1-12-16(3-2-4-17(12)25(27)28)20(26)24(15-9-10-15)11-18-22-23-19(29-18)13-5-7-14(21)8-6-13/h2-8,15H,9-11H2,1H3. The van der Waals surface area contributed by atoms with Crippen LogP contribution in [0.1, 0.15) is 34.7 Å². The van der Waals surface area contributed by atoms with Gasteiger partial charge in [0.05, 0.1) is 11.5 Å². The van der Waals surface area contributed by atoms with Gasteiger partial charge in [0.25, 0.3) is 11.6 Å². The minimum Gasteiger partial charge on any atom is -0.419 e. The quantitative estimate of drug-likeness (QED) is 0.439. The van der Waals surface area contributed by atoms with Gasteiger partial charge in [0.1, 0.15) is 0 Å². The minimum absolute atomic E-state index is 0.0621. The van der Waals surface area contributed by atoms with Crippen LogP contribution in [0.15, 0.2) is 46.9 Å². The molecule has 0 atom stereocenters. The van der Waals surface area contributed by atoms with Gasteiger partial charge >= 0.3 is 0 Å². The number of halogens is 1. The summed E-state index contributed by atoms with van der Waals surface area (Å²) < 4.78 is 5.73. The molecule has 148 valence electrons. The molecule has 0 spiro atoms. The number of hydrogen-bond acceptors (Lipinski definition) is 6. The van der Waals surface area contributed by atoms with Crippen molar-refractivity contribution in [3.8, 4) is 11.5 Å². The van der Waals surface area contributed by atoms with Crippen LogP contribution in [0.5, 0.6) is 0 Å². The Morgan fingerprint density at radius 3 is 2.62 bits per heavy atom. The highest BCUT2D eigenvalue weighted by molar-refractivity contribution is 6.30. The molecule has 0 aliphatic heterocycles. The molecule has 1 aromatic heterocycles. The molecule has 1 saturated carbocycles. The first-order valence-electron chi connectivity index (χ1n) is 9.07. The van der Waals surface area contributed by atoms with Crippen molar-refractivity contribution >= 4 is 23.2 Å². The number of hydrogen-bond donors (Lipinski definition) is 0. The second kappa shape index (κ2) is 7.63. The van der Waals surface area contributed by atoms with Crippen molar-refractivity contribution in [1.82, 2.24) is 15.1 Å². The molecule has 2 aromatic carbocycles. The van der Waals surface area contributed by atoms with Crippen molar-refractivity contribution in [3.63, 3.8) is 0 Å². The minimum atomic E-state index is -0.482. The number of benzene rings is 2. The number of nitrogens with zero attached hydrogens (tertiary/aromatic N) is 4. The molecular formula is C20H17ClN4O4. The van der Waals surface area contributed by atoms with Gasteiger partial charge in [-0.2, -0.15) is 0 Å². The van der Waals surface area contributed by atoms with Crippen LogP contribution in [0.4, 0.5) is 5.69 Å². The zero-order valence-corrected chi connectivity index (χ0v) is 16.3. The van der Waals surface area contributed by atoms with Gasteiger partial charge in [-0.25, -0.2) is 0 Å². The largest absolute Gasteiger partial charge is 0.419 e. The highest BCUT2D eigenvalue weighted by atomic mass is 35.5. The van der Waals surface area contributed by atoms with Crippen LogP contribution in [-0.4, -0.2) is 32.0 Å². The highest BCUT2D eigenvalue weighted by Gasteiger charge is 2.35. The number of aromatic nitrogens is 2. The van der Waals surface area contributed by atoms with Crippen molar-refractivity contribution in [3.05, 3.63) is 74.6 Å². The Kier molecular flexibility index (Phi) is 5.02. The number of carbonyl (C=O) groups is 1. The summed E-state index contributed by atoms with van der Waals surface area (Å²) in [6, 6.07) is 11.6. The van der Waals surface area contributed by atoms with Gasteiger partial charge in [0.15, 0.2) is 0 Å². The molecule has 29 heavy (non-hydrogen) atoms.